The van der Waals surface area contributed by atoms with Gasteiger partial charge in [-0.3, -0.25) is 0 Å². The van der Waals surface area contributed by atoms with Crippen LogP contribution in [-0.4, -0.2) is 27.7 Å². The molecule has 0 unspecified atom stereocenters. The van der Waals surface area contributed by atoms with Crippen LogP contribution >= 0.6 is 15.9 Å². The van der Waals surface area contributed by atoms with E-state index < -0.39 is 0 Å². The molecule has 1 saturated heterocycles. The molecule has 0 saturated carbocycles. The standard InChI is InChI=1S/C10H11BrN4O/c1-15-2-6(5-3-16-4-5)7-8(12)13-10(11)14-9(7)15/h2,5H,3-4H2,1H3,(H2,12,13,14). The van der Waals surface area contributed by atoms with E-state index in [2.05, 4.69) is 32.1 Å². The van der Waals surface area contributed by atoms with Gasteiger partial charge < -0.3 is 15.0 Å². The second kappa shape index (κ2) is 3.43. The van der Waals surface area contributed by atoms with Gasteiger partial charge in [0.1, 0.15) is 11.5 Å². The number of rotatable bonds is 1. The van der Waals surface area contributed by atoms with E-state index >= 15 is 0 Å². The average Bonchev–Trinajstić information content (AvgIpc) is 2.41. The van der Waals surface area contributed by atoms with Crippen molar-refractivity contribution in [2.24, 2.45) is 7.05 Å². The Hall–Kier alpha value is -1.14. The number of nitrogens with two attached hydrogens (primary N) is 1. The highest BCUT2D eigenvalue weighted by Crippen LogP contribution is 2.34. The van der Waals surface area contributed by atoms with Gasteiger partial charge in [0.2, 0.25) is 4.73 Å². The zero-order valence-electron chi connectivity index (χ0n) is 8.77. The van der Waals surface area contributed by atoms with E-state index in [-0.39, 0.29) is 0 Å². The molecule has 2 N–H and O–H groups in total. The number of aromatic nitrogens is 3. The lowest BCUT2D eigenvalue weighted by Gasteiger charge is -2.25. The first-order chi connectivity index (χ1) is 7.66. The third kappa shape index (κ3) is 1.33. The average molecular weight is 283 g/mol. The van der Waals surface area contributed by atoms with E-state index in [4.69, 9.17) is 10.5 Å². The Labute approximate surface area is 101 Å². The largest absolute Gasteiger partial charge is 0.383 e. The molecule has 5 nitrogen and oxygen atoms in total. The molecule has 84 valence electrons. The number of halogens is 1. The van der Waals surface area contributed by atoms with Crippen LogP contribution in [0.15, 0.2) is 10.9 Å². The summed E-state index contributed by atoms with van der Waals surface area (Å²) in [4.78, 5) is 8.49. The van der Waals surface area contributed by atoms with Gasteiger partial charge in [-0.25, -0.2) is 9.97 Å². The van der Waals surface area contributed by atoms with Crippen LogP contribution in [0, 0.1) is 0 Å². The number of nitrogens with zero attached hydrogens (tertiary/aromatic N) is 3. The van der Waals surface area contributed by atoms with Gasteiger partial charge in [-0.2, -0.15) is 0 Å². The van der Waals surface area contributed by atoms with Crippen LogP contribution in [0.5, 0.6) is 0 Å². The molecule has 6 heteroatoms. The maximum absolute atomic E-state index is 5.95. The van der Waals surface area contributed by atoms with Gasteiger partial charge in [0, 0.05) is 19.2 Å². The highest BCUT2D eigenvalue weighted by Gasteiger charge is 2.26. The summed E-state index contributed by atoms with van der Waals surface area (Å²) in [7, 11) is 1.96. The van der Waals surface area contributed by atoms with Crippen molar-refractivity contribution in [2.75, 3.05) is 18.9 Å². The molecule has 0 aromatic carbocycles. The molecule has 3 rings (SSSR count). The molecule has 1 aliphatic heterocycles. The van der Waals surface area contributed by atoms with Gasteiger partial charge in [0.25, 0.3) is 0 Å². The second-order valence-corrected chi connectivity index (χ2v) is 4.72. The summed E-state index contributed by atoms with van der Waals surface area (Å²) in [6.45, 7) is 1.52. The van der Waals surface area contributed by atoms with Gasteiger partial charge in [-0.05, 0) is 21.5 Å². The van der Waals surface area contributed by atoms with Crippen LogP contribution in [0.25, 0.3) is 11.0 Å². The van der Waals surface area contributed by atoms with Gasteiger partial charge in [-0.1, -0.05) is 0 Å². The van der Waals surface area contributed by atoms with E-state index in [1.165, 1.54) is 5.56 Å². The first-order valence-corrected chi connectivity index (χ1v) is 5.82. The SMILES string of the molecule is Cn1cc(C2COC2)c2c(N)nc(Br)nc21. The van der Waals surface area contributed by atoms with E-state index in [1.807, 2.05) is 11.6 Å². The molecule has 0 atom stereocenters. The van der Waals surface area contributed by atoms with Crippen molar-refractivity contribution in [3.8, 4) is 0 Å². The number of hydrogen-bond donors (Lipinski definition) is 1. The molecule has 16 heavy (non-hydrogen) atoms. The summed E-state index contributed by atoms with van der Waals surface area (Å²) in [5.74, 6) is 0.954. The van der Waals surface area contributed by atoms with Crippen molar-refractivity contribution in [1.29, 1.82) is 0 Å². The summed E-state index contributed by atoms with van der Waals surface area (Å²) in [6.07, 6.45) is 2.06. The van der Waals surface area contributed by atoms with Crippen molar-refractivity contribution >= 4 is 32.8 Å². The predicted molar refractivity (Wildman–Crippen MR) is 64.2 cm³/mol. The fourth-order valence-electron chi connectivity index (χ4n) is 2.03. The van der Waals surface area contributed by atoms with Crippen molar-refractivity contribution < 1.29 is 4.74 Å². The Kier molecular flexibility index (Phi) is 2.15. The second-order valence-electron chi connectivity index (χ2n) is 4.01. The Morgan fingerprint density at radius 3 is 2.88 bits per heavy atom. The number of nitrogen functional groups attached to an aromatic ring is 1. The van der Waals surface area contributed by atoms with Crippen molar-refractivity contribution in [1.82, 2.24) is 14.5 Å². The van der Waals surface area contributed by atoms with E-state index in [0.29, 0.717) is 16.5 Å². The van der Waals surface area contributed by atoms with Crippen LogP contribution in [0.1, 0.15) is 11.5 Å². The molecule has 2 aromatic rings. The summed E-state index contributed by atoms with van der Waals surface area (Å²) < 4.78 is 7.71. The van der Waals surface area contributed by atoms with E-state index in [9.17, 15) is 0 Å². The highest BCUT2D eigenvalue weighted by molar-refractivity contribution is 9.10. The lowest BCUT2D eigenvalue weighted by Crippen LogP contribution is -2.25. The summed E-state index contributed by atoms with van der Waals surface area (Å²) >= 11 is 3.25. The minimum absolute atomic E-state index is 0.427. The molecule has 0 radical (unpaired) electrons. The Morgan fingerprint density at radius 2 is 2.25 bits per heavy atom. The molecule has 3 heterocycles. The van der Waals surface area contributed by atoms with E-state index in [0.717, 1.165) is 24.2 Å². The van der Waals surface area contributed by atoms with Crippen LogP contribution in [0.3, 0.4) is 0 Å². The van der Waals surface area contributed by atoms with Gasteiger partial charge in [0.05, 0.1) is 18.6 Å². The monoisotopic (exact) mass is 282 g/mol. The smallest absolute Gasteiger partial charge is 0.200 e. The molecule has 0 bridgehead atoms. The zero-order chi connectivity index (χ0) is 11.3. The van der Waals surface area contributed by atoms with Crippen LogP contribution < -0.4 is 5.73 Å². The number of fused-ring (bicyclic) bond motifs is 1. The normalized spacial score (nSPS) is 16.6. The molecular weight excluding hydrogens is 272 g/mol. The Balaban J connectivity index is 2.29. The number of anilines is 1. The molecular formula is C10H11BrN4O. The van der Waals surface area contributed by atoms with Crippen LogP contribution in [-0.2, 0) is 11.8 Å². The Morgan fingerprint density at radius 1 is 1.50 bits per heavy atom. The van der Waals surface area contributed by atoms with Crippen LogP contribution in [0.2, 0.25) is 0 Å². The fraction of sp³-hybridized carbons (Fsp3) is 0.400. The first kappa shape index (κ1) is 10.0. The minimum Gasteiger partial charge on any atom is -0.383 e. The van der Waals surface area contributed by atoms with Crippen molar-refractivity contribution in [3.05, 3.63) is 16.5 Å². The summed E-state index contributed by atoms with van der Waals surface area (Å²) in [6, 6.07) is 0. The topological polar surface area (TPSA) is 66.0 Å². The molecule has 0 spiro atoms. The van der Waals surface area contributed by atoms with E-state index in [1.54, 1.807) is 0 Å². The lowest BCUT2D eigenvalue weighted by atomic mass is 9.98. The molecule has 1 fully saturated rings. The van der Waals surface area contributed by atoms with Crippen molar-refractivity contribution in [2.45, 2.75) is 5.92 Å². The maximum Gasteiger partial charge on any atom is 0.200 e. The van der Waals surface area contributed by atoms with Crippen LogP contribution in [0.4, 0.5) is 5.82 Å². The molecule has 0 amide bonds. The summed E-state index contributed by atoms with van der Waals surface area (Å²) in [5, 5.41) is 0.957. The molecule has 1 aliphatic rings. The third-order valence-electron chi connectivity index (χ3n) is 2.92. The van der Waals surface area contributed by atoms with Crippen molar-refractivity contribution in [3.63, 3.8) is 0 Å². The number of ether oxygens (including phenoxy) is 1. The fourth-order valence-corrected chi connectivity index (χ4v) is 2.39. The zero-order valence-corrected chi connectivity index (χ0v) is 10.4. The predicted octanol–water partition coefficient (Wildman–Crippen LogP) is 1.43. The van der Waals surface area contributed by atoms with Gasteiger partial charge >= 0.3 is 0 Å². The molecule has 0 aliphatic carbocycles. The third-order valence-corrected chi connectivity index (χ3v) is 3.28. The first-order valence-electron chi connectivity index (χ1n) is 5.02. The minimum atomic E-state index is 0.427. The highest BCUT2D eigenvalue weighted by atomic mass is 79.9. The number of aryl methyl sites for hydroxylation is 1. The maximum atomic E-state index is 5.95. The summed E-state index contributed by atoms with van der Waals surface area (Å²) in [5.41, 5.74) is 8.00. The Bertz CT molecular complexity index is 561. The van der Waals surface area contributed by atoms with Gasteiger partial charge in [0.15, 0.2) is 0 Å². The quantitative estimate of drug-likeness (QED) is 0.804. The van der Waals surface area contributed by atoms with Gasteiger partial charge in [-0.15, -0.1) is 0 Å². The number of hydrogen-bond acceptors (Lipinski definition) is 4. The molecule has 2 aromatic heterocycles. The lowest BCUT2D eigenvalue weighted by molar-refractivity contribution is 0.00896.